The molecule has 1 heteroatoms. The molecule has 0 aliphatic heterocycles. The highest BCUT2D eigenvalue weighted by Gasteiger charge is 1.89. The Morgan fingerprint density at radius 2 is 2.50 bits per heavy atom. The second-order valence-corrected chi connectivity index (χ2v) is 1.83. The van der Waals surface area contributed by atoms with Crippen molar-refractivity contribution < 1.29 is 5.11 Å². The fourth-order valence-electron chi connectivity index (χ4n) is 0.427. The van der Waals surface area contributed by atoms with Gasteiger partial charge in [0.15, 0.2) is 0 Å². The highest BCUT2D eigenvalue weighted by molar-refractivity contribution is 4.75. The molecule has 0 amide bonds. The molecule has 0 saturated carbocycles. The van der Waals surface area contributed by atoms with Crippen LogP contribution in [0.4, 0.5) is 0 Å². The summed E-state index contributed by atoms with van der Waals surface area (Å²) in [7, 11) is 0. The summed E-state index contributed by atoms with van der Waals surface area (Å²) in [6, 6.07) is 0. The van der Waals surface area contributed by atoms with Crippen molar-refractivity contribution in [3.05, 3.63) is 18.4 Å². The number of hydrogen-bond donors (Lipinski definition) is 1. The summed E-state index contributed by atoms with van der Waals surface area (Å²) < 4.78 is 0. The van der Waals surface area contributed by atoms with Gasteiger partial charge in [-0.1, -0.05) is 6.58 Å². The second-order valence-electron chi connectivity index (χ2n) is 1.83. The first kappa shape index (κ1) is 7.48. The lowest BCUT2D eigenvalue weighted by molar-refractivity contribution is 0.186. The van der Waals surface area contributed by atoms with Crippen molar-refractivity contribution in [2.24, 2.45) is 0 Å². The summed E-state index contributed by atoms with van der Waals surface area (Å²) in [4.78, 5) is 0. The van der Waals surface area contributed by atoms with Crippen LogP contribution in [0.15, 0.2) is 18.4 Å². The van der Waals surface area contributed by atoms with Crippen molar-refractivity contribution in [2.45, 2.75) is 25.9 Å². The molecule has 0 spiro atoms. The number of rotatable bonds is 3. The molecule has 0 aliphatic rings. The first-order chi connectivity index (χ1) is 3.77. The average Bonchev–Trinajstić information content (AvgIpc) is 1.66. The van der Waals surface area contributed by atoms with Gasteiger partial charge in [-0.3, -0.25) is 0 Å². The molecule has 0 heterocycles. The van der Waals surface area contributed by atoms with Crippen molar-refractivity contribution >= 4 is 0 Å². The third-order valence-electron chi connectivity index (χ3n) is 0.873. The molecule has 8 heavy (non-hydrogen) atoms. The zero-order valence-corrected chi connectivity index (χ0v) is 5.22. The van der Waals surface area contributed by atoms with Crippen LogP contribution >= 0.6 is 0 Å². The minimum atomic E-state index is -0.195. The summed E-state index contributed by atoms with van der Waals surface area (Å²) in [5.74, 6) is 0. The molecule has 1 N–H and O–H groups in total. The summed E-state index contributed by atoms with van der Waals surface area (Å²) in [5.41, 5.74) is 2.64. The van der Waals surface area contributed by atoms with Crippen LogP contribution < -0.4 is 0 Å². The van der Waals surface area contributed by atoms with Gasteiger partial charge in [-0.05, 0) is 25.8 Å². The number of aliphatic hydroxyl groups excluding tert-OH is 1. The van der Waals surface area contributed by atoms with E-state index < -0.39 is 0 Å². The number of allylic oxidation sites excluding steroid dienone is 1. The summed E-state index contributed by atoms with van der Waals surface area (Å²) in [6.45, 7) is 5.17. The van der Waals surface area contributed by atoms with Gasteiger partial charge in [0, 0.05) is 0 Å². The molecule has 1 unspecified atom stereocenters. The Labute approximate surface area is 50.3 Å². The van der Waals surface area contributed by atoms with Crippen LogP contribution in [0.5, 0.6) is 0 Å². The van der Waals surface area contributed by atoms with Crippen LogP contribution in [-0.2, 0) is 0 Å². The molecule has 0 fully saturated rings. The quantitative estimate of drug-likeness (QED) is 0.548. The molecule has 0 aliphatic carbocycles. The summed E-state index contributed by atoms with van der Waals surface area (Å²) in [6.07, 6.45) is 3.32. The Balaban J connectivity index is 3.05. The van der Waals surface area contributed by atoms with Gasteiger partial charge in [0.1, 0.15) is 0 Å². The Hall–Kier alpha value is -0.520. The van der Waals surface area contributed by atoms with E-state index in [1.165, 1.54) is 0 Å². The largest absolute Gasteiger partial charge is 0.393 e. The van der Waals surface area contributed by atoms with Gasteiger partial charge in [0.05, 0.1) is 6.10 Å². The third kappa shape index (κ3) is 5.48. The Bertz CT molecular complexity index is 88.6. The highest BCUT2D eigenvalue weighted by Crippen LogP contribution is 1.94. The maximum absolute atomic E-state index is 8.71. The molecule has 0 aromatic carbocycles. The van der Waals surface area contributed by atoms with Crippen LogP contribution in [0.3, 0.4) is 0 Å². The lowest BCUT2D eigenvalue weighted by atomic mass is 10.2. The van der Waals surface area contributed by atoms with E-state index in [4.69, 9.17) is 5.11 Å². The normalized spacial score (nSPS) is 12.2. The monoisotopic (exact) mass is 112 g/mol. The smallest absolute Gasteiger partial charge is 0.0515 e. The van der Waals surface area contributed by atoms with Gasteiger partial charge in [0.2, 0.25) is 0 Å². The van der Waals surface area contributed by atoms with Crippen LogP contribution in [0.25, 0.3) is 0 Å². The van der Waals surface area contributed by atoms with E-state index >= 15 is 0 Å². The van der Waals surface area contributed by atoms with Crippen LogP contribution in [0.2, 0.25) is 0 Å². The molecular weight excluding hydrogens is 100 g/mol. The molecule has 46 valence electrons. The zero-order valence-electron chi connectivity index (χ0n) is 5.22. The maximum Gasteiger partial charge on any atom is 0.0515 e. The molecule has 0 radical (unpaired) electrons. The molecule has 1 atom stereocenters. The van der Waals surface area contributed by atoms with E-state index in [0.717, 1.165) is 12.8 Å². The Kier molecular flexibility index (Phi) is 4.33. The average molecular weight is 112 g/mol. The fourth-order valence-corrected chi connectivity index (χ4v) is 0.427. The topological polar surface area (TPSA) is 20.2 Å². The van der Waals surface area contributed by atoms with Gasteiger partial charge in [-0.2, -0.15) is 0 Å². The predicted molar refractivity (Wildman–Crippen MR) is 34.6 cm³/mol. The second kappa shape index (κ2) is 4.63. The Morgan fingerprint density at radius 3 is 2.88 bits per heavy atom. The van der Waals surface area contributed by atoms with E-state index in [1.807, 2.05) is 6.08 Å². The van der Waals surface area contributed by atoms with E-state index in [1.54, 1.807) is 6.92 Å². The van der Waals surface area contributed by atoms with Gasteiger partial charge >= 0.3 is 0 Å². The molecule has 0 rings (SSSR count). The molecule has 0 bridgehead atoms. The van der Waals surface area contributed by atoms with Crippen LogP contribution in [-0.4, -0.2) is 11.2 Å². The first-order valence-corrected chi connectivity index (χ1v) is 2.79. The highest BCUT2D eigenvalue weighted by atomic mass is 16.3. The number of aliphatic hydroxyl groups is 1. The van der Waals surface area contributed by atoms with Crippen molar-refractivity contribution in [2.75, 3.05) is 0 Å². The summed E-state index contributed by atoms with van der Waals surface area (Å²) in [5, 5.41) is 8.71. The maximum atomic E-state index is 8.71. The standard InChI is InChI=1S/C7H12O/c1-3-4-5-6-7(2)8/h4,7-8H,1,5-6H2,2H3. The Morgan fingerprint density at radius 1 is 1.88 bits per heavy atom. The molecule has 0 aromatic rings. The van der Waals surface area contributed by atoms with Gasteiger partial charge in [-0.15, -0.1) is 5.73 Å². The molecule has 0 saturated heterocycles. The van der Waals surface area contributed by atoms with Crippen molar-refractivity contribution in [3.8, 4) is 0 Å². The van der Waals surface area contributed by atoms with Crippen LogP contribution in [0, 0.1) is 0 Å². The van der Waals surface area contributed by atoms with Gasteiger partial charge < -0.3 is 5.11 Å². The van der Waals surface area contributed by atoms with E-state index in [9.17, 15) is 0 Å². The van der Waals surface area contributed by atoms with E-state index in [-0.39, 0.29) is 6.10 Å². The van der Waals surface area contributed by atoms with Crippen molar-refractivity contribution in [3.63, 3.8) is 0 Å². The SMILES string of the molecule is C=C=CCCC(C)O. The third-order valence-corrected chi connectivity index (χ3v) is 0.873. The van der Waals surface area contributed by atoms with Crippen molar-refractivity contribution in [1.29, 1.82) is 0 Å². The summed E-state index contributed by atoms with van der Waals surface area (Å²) >= 11 is 0. The van der Waals surface area contributed by atoms with Crippen molar-refractivity contribution in [1.82, 2.24) is 0 Å². The van der Waals surface area contributed by atoms with Gasteiger partial charge in [0.25, 0.3) is 0 Å². The minimum absolute atomic E-state index is 0.195. The molecule has 0 aromatic heterocycles. The zero-order chi connectivity index (χ0) is 6.41. The fraction of sp³-hybridized carbons (Fsp3) is 0.571. The van der Waals surface area contributed by atoms with E-state index in [2.05, 4.69) is 12.3 Å². The predicted octanol–water partition coefficient (Wildman–Crippen LogP) is 1.49. The lowest BCUT2D eigenvalue weighted by Gasteiger charge is -1.96. The first-order valence-electron chi connectivity index (χ1n) is 2.79. The minimum Gasteiger partial charge on any atom is -0.393 e. The lowest BCUT2D eigenvalue weighted by Crippen LogP contribution is -1.96. The number of hydrogen-bond acceptors (Lipinski definition) is 1. The molecule has 1 nitrogen and oxygen atoms in total. The van der Waals surface area contributed by atoms with E-state index in [0.29, 0.717) is 0 Å². The molecular formula is C7H12O. The van der Waals surface area contributed by atoms with Crippen LogP contribution in [0.1, 0.15) is 19.8 Å². The van der Waals surface area contributed by atoms with Gasteiger partial charge in [-0.25, -0.2) is 0 Å².